The van der Waals surface area contributed by atoms with Gasteiger partial charge in [-0.05, 0) is 54.1 Å². The van der Waals surface area contributed by atoms with Crippen LogP contribution in [-0.4, -0.2) is 22.8 Å². The van der Waals surface area contributed by atoms with Crippen LogP contribution in [0.25, 0.3) is 11.3 Å². The van der Waals surface area contributed by atoms with Gasteiger partial charge in [0.05, 0.1) is 12.8 Å². The Labute approximate surface area is 158 Å². The van der Waals surface area contributed by atoms with E-state index in [9.17, 15) is 13.2 Å². The average molecular weight is 391 g/mol. The van der Waals surface area contributed by atoms with Crippen molar-refractivity contribution >= 4 is 23.3 Å². The van der Waals surface area contributed by atoms with E-state index in [0.717, 1.165) is 28.1 Å². The van der Waals surface area contributed by atoms with Crippen molar-refractivity contribution in [2.24, 2.45) is 0 Å². The van der Waals surface area contributed by atoms with Gasteiger partial charge in [-0.2, -0.15) is 18.3 Å². The van der Waals surface area contributed by atoms with Gasteiger partial charge in [0.25, 0.3) is 0 Å². The molecule has 1 heterocycles. The number of aryl methyl sites for hydroxylation is 1. The summed E-state index contributed by atoms with van der Waals surface area (Å²) in [6.07, 6.45) is 0.700. The highest BCUT2D eigenvalue weighted by atomic mass is 32.2. The van der Waals surface area contributed by atoms with Gasteiger partial charge in [0.15, 0.2) is 5.82 Å². The predicted molar refractivity (Wildman–Crippen MR) is 99.8 cm³/mol. The molecule has 0 fully saturated rings. The summed E-state index contributed by atoms with van der Waals surface area (Å²) in [6, 6.07) is 10.3. The molecule has 0 unspecified atom stereocenters. The quantitative estimate of drug-likeness (QED) is 0.441. The summed E-state index contributed by atoms with van der Waals surface area (Å²) in [5.74, 6) is 1.43. The van der Waals surface area contributed by atoms with Crippen LogP contribution in [0, 0.1) is 6.92 Å². The van der Waals surface area contributed by atoms with Gasteiger partial charge in [-0.25, -0.2) is 0 Å². The number of methoxy groups -OCH3 is 1. The molecule has 3 aromatic rings. The van der Waals surface area contributed by atoms with Crippen molar-refractivity contribution in [3.05, 3.63) is 53.1 Å². The number of nitrogens with one attached hydrogen (secondary N) is 2. The number of thioether (sulfide) groups is 1. The van der Waals surface area contributed by atoms with Crippen LogP contribution in [0.15, 0.2) is 41.3 Å². The van der Waals surface area contributed by atoms with E-state index in [0.29, 0.717) is 17.9 Å². The Morgan fingerprint density at radius 2 is 2.04 bits per heavy atom. The lowest BCUT2D eigenvalue weighted by atomic mass is 10.1. The van der Waals surface area contributed by atoms with E-state index in [-0.39, 0.29) is 16.7 Å². The van der Waals surface area contributed by atoms with Crippen LogP contribution in [0.5, 0.6) is 5.75 Å². The zero-order valence-corrected chi connectivity index (χ0v) is 15.4. The number of anilines is 2. The lowest BCUT2D eigenvalue weighted by Crippen LogP contribution is -1.99. The van der Waals surface area contributed by atoms with Gasteiger partial charge in [-0.3, -0.25) is 5.10 Å². The molecule has 2 N–H and O–H groups in total. The third-order valence-corrected chi connectivity index (χ3v) is 5.18. The molecule has 0 spiro atoms. The maximum absolute atomic E-state index is 12.6. The third-order valence-electron chi connectivity index (χ3n) is 4.45. The summed E-state index contributed by atoms with van der Waals surface area (Å²) >= 11 is -0.134. The molecule has 0 aliphatic heterocycles. The molecule has 140 valence electrons. The molecule has 0 saturated carbocycles. The standard InChI is InChI=1S/C19H16F3N3OS/c1-10-6-11-7-15-17(14(11)9-16(10)26-2)24-25-18(15)23-12-4-3-5-13(8-12)27-19(20,21)22/h3-6,8-9H,7H2,1-2H3,(H2,23,24,25). The number of ether oxygens (including phenoxy) is 1. The second-order valence-corrected chi connectivity index (χ2v) is 7.42. The van der Waals surface area contributed by atoms with Gasteiger partial charge in [0, 0.05) is 28.1 Å². The average Bonchev–Trinajstić information content (AvgIpc) is 3.12. The van der Waals surface area contributed by atoms with E-state index in [4.69, 9.17) is 4.74 Å². The molecular formula is C19H16F3N3OS. The summed E-state index contributed by atoms with van der Waals surface area (Å²) in [5, 5.41) is 10.5. The molecule has 0 atom stereocenters. The molecule has 8 heteroatoms. The Kier molecular flexibility index (Phi) is 4.30. The number of nitrogens with zero attached hydrogens (tertiary/aromatic N) is 1. The van der Waals surface area contributed by atoms with Crippen molar-refractivity contribution < 1.29 is 17.9 Å². The zero-order valence-electron chi connectivity index (χ0n) is 14.6. The fourth-order valence-electron chi connectivity index (χ4n) is 3.31. The third kappa shape index (κ3) is 3.49. The first-order chi connectivity index (χ1) is 12.8. The lowest BCUT2D eigenvalue weighted by molar-refractivity contribution is -0.0328. The normalized spacial score (nSPS) is 12.6. The van der Waals surface area contributed by atoms with E-state index < -0.39 is 5.51 Å². The maximum Gasteiger partial charge on any atom is 0.446 e. The minimum absolute atomic E-state index is 0.128. The highest BCUT2D eigenvalue weighted by Gasteiger charge is 2.29. The number of fused-ring (bicyclic) bond motifs is 3. The molecule has 4 nitrogen and oxygen atoms in total. The van der Waals surface area contributed by atoms with Gasteiger partial charge in [-0.15, -0.1) is 0 Å². The molecule has 1 aliphatic rings. The highest BCUT2D eigenvalue weighted by molar-refractivity contribution is 8.00. The molecule has 0 amide bonds. The number of benzene rings is 2. The van der Waals surface area contributed by atoms with Crippen molar-refractivity contribution in [1.82, 2.24) is 10.2 Å². The van der Waals surface area contributed by atoms with Crippen molar-refractivity contribution in [3.63, 3.8) is 0 Å². The molecule has 1 aliphatic carbocycles. The summed E-state index contributed by atoms with van der Waals surface area (Å²) < 4.78 is 43.2. The number of aromatic nitrogens is 2. The molecule has 1 aromatic heterocycles. The van der Waals surface area contributed by atoms with Crippen LogP contribution in [0.3, 0.4) is 0 Å². The Morgan fingerprint density at radius 1 is 1.22 bits per heavy atom. The zero-order chi connectivity index (χ0) is 19.2. The molecule has 27 heavy (non-hydrogen) atoms. The number of halogens is 3. The Hall–Kier alpha value is -2.61. The van der Waals surface area contributed by atoms with E-state index in [1.54, 1.807) is 19.2 Å². The summed E-state index contributed by atoms with van der Waals surface area (Å²) in [6.45, 7) is 1.99. The number of hydrogen-bond donors (Lipinski definition) is 2. The van der Waals surface area contributed by atoms with Crippen molar-refractivity contribution in [3.8, 4) is 17.0 Å². The Balaban J connectivity index is 1.62. The SMILES string of the molecule is COc1cc2c(cc1C)Cc1c(Nc3cccc(SC(F)(F)F)c3)n[nH]c1-2. The molecule has 0 saturated heterocycles. The van der Waals surface area contributed by atoms with E-state index in [2.05, 4.69) is 21.6 Å². The first-order valence-electron chi connectivity index (χ1n) is 8.22. The van der Waals surface area contributed by atoms with Crippen molar-refractivity contribution in [2.75, 3.05) is 12.4 Å². The highest BCUT2D eigenvalue weighted by Crippen LogP contribution is 2.42. The smallest absolute Gasteiger partial charge is 0.446 e. The number of aromatic amines is 1. The number of alkyl halides is 3. The van der Waals surface area contributed by atoms with Crippen LogP contribution in [0.1, 0.15) is 16.7 Å². The minimum atomic E-state index is -4.31. The van der Waals surface area contributed by atoms with Crippen LogP contribution in [0.4, 0.5) is 24.7 Å². The molecule has 4 rings (SSSR count). The van der Waals surface area contributed by atoms with Crippen molar-refractivity contribution in [1.29, 1.82) is 0 Å². The lowest BCUT2D eigenvalue weighted by Gasteiger charge is -2.09. The van der Waals surface area contributed by atoms with E-state index >= 15 is 0 Å². The molecular weight excluding hydrogens is 375 g/mol. The largest absolute Gasteiger partial charge is 0.496 e. The van der Waals surface area contributed by atoms with Crippen LogP contribution in [0.2, 0.25) is 0 Å². The minimum Gasteiger partial charge on any atom is -0.496 e. The second kappa shape index (κ2) is 6.53. The number of rotatable bonds is 4. The Bertz CT molecular complexity index is 1010. The monoisotopic (exact) mass is 391 g/mol. The van der Waals surface area contributed by atoms with Gasteiger partial charge in [-0.1, -0.05) is 12.1 Å². The van der Waals surface area contributed by atoms with Crippen LogP contribution in [-0.2, 0) is 6.42 Å². The van der Waals surface area contributed by atoms with E-state index in [1.807, 2.05) is 13.0 Å². The summed E-state index contributed by atoms with van der Waals surface area (Å²) in [4.78, 5) is 0.128. The van der Waals surface area contributed by atoms with E-state index in [1.165, 1.54) is 17.7 Å². The molecule has 0 radical (unpaired) electrons. The predicted octanol–water partition coefficient (Wildman–Crippen LogP) is 5.65. The Morgan fingerprint density at radius 3 is 2.78 bits per heavy atom. The van der Waals surface area contributed by atoms with Gasteiger partial charge in [0.1, 0.15) is 5.75 Å². The number of H-pyrrole nitrogens is 1. The van der Waals surface area contributed by atoms with Gasteiger partial charge < -0.3 is 10.1 Å². The molecule has 0 bridgehead atoms. The van der Waals surface area contributed by atoms with Crippen LogP contribution < -0.4 is 10.1 Å². The summed E-state index contributed by atoms with van der Waals surface area (Å²) in [5.41, 5.74) is 1.41. The maximum atomic E-state index is 12.6. The first kappa shape index (κ1) is 17.8. The van der Waals surface area contributed by atoms with Crippen LogP contribution >= 0.6 is 11.8 Å². The molecule has 2 aromatic carbocycles. The first-order valence-corrected chi connectivity index (χ1v) is 9.03. The summed E-state index contributed by atoms with van der Waals surface area (Å²) in [7, 11) is 1.64. The topological polar surface area (TPSA) is 49.9 Å². The van der Waals surface area contributed by atoms with Gasteiger partial charge in [0.2, 0.25) is 0 Å². The fraction of sp³-hybridized carbons (Fsp3) is 0.211. The second-order valence-electron chi connectivity index (χ2n) is 6.28. The fourth-order valence-corrected chi connectivity index (χ4v) is 3.91. The van der Waals surface area contributed by atoms with Gasteiger partial charge >= 0.3 is 5.51 Å². The van der Waals surface area contributed by atoms with Crippen molar-refractivity contribution in [2.45, 2.75) is 23.7 Å². The number of hydrogen-bond acceptors (Lipinski definition) is 4.